The second-order valence-corrected chi connectivity index (χ2v) is 6.91. The number of hydrogen-bond donors (Lipinski definition) is 1. The van der Waals surface area contributed by atoms with Gasteiger partial charge in [0.15, 0.2) is 0 Å². The molecule has 2 aromatic rings. The fourth-order valence-electron chi connectivity index (χ4n) is 2.72. The normalized spacial score (nSPS) is 17.3. The van der Waals surface area contributed by atoms with Crippen LogP contribution in [0.1, 0.15) is 17.7 Å². The van der Waals surface area contributed by atoms with E-state index in [2.05, 4.69) is 30.1 Å². The van der Waals surface area contributed by atoms with E-state index in [1.54, 1.807) is 11.3 Å². The average molecular weight is 295 g/mol. The van der Waals surface area contributed by atoms with Gasteiger partial charge < -0.3 is 5.73 Å². The molecule has 0 bridgehead atoms. The Morgan fingerprint density at radius 3 is 2.79 bits per heavy atom. The van der Waals surface area contributed by atoms with Crippen LogP contribution in [0, 0.1) is 5.92 Å². The Kier molecular flexibility index (Phi) is 3.81. The molecule has 1 aliphatic rings. The highest BCUT2D eigenvalue weighted by atomic mass is 35.5. The van der Waals surface area contributed by atoms with Crippen LogP contribution in [0.2, 0.25) is 5.02 Å². The Morgan fingerprint density at radius 1 is 1.42 bits per heavy atom. The zero-order valence-electron chi connectivity index (χ0n) is 11.1. The first-order chi connectivity index (χ1) is 9.20. The molecule has 1 atom stereocenters. The maximum absolute atomic E-state index is 6.50. The summed E-state index contributed by atoms with van der Waals surface area (Å²) in [7, 11) is 2.16. The fourth-order valence-corrected chi connectivity index (χ4v) is 4.28. The van der Waals surface area contributed by atoms with Gasteiger partial charge >= 0.3 is 0 Å². The second-order valence-electron chi connectivity index (χ2n) is 5.39. The van der Waals surface area contributed by atoms with Crippen molar-refractivity contribution < 1.29 is 0 Å². The summed E-state index contributed by atoms with van der Waals surface area (Å²) in [5.74, 6) is 0.795. The molecule has 2 N–H and O–H groups in total. The van der Waals surface area contributed by atoms with E-state index in [4.69, 9.17) is 17.3 Å². The number of nitrogens with zero attached hydrogens (tertiary/aromatic N) is 1. The first-order valence-electron chi connectivity index (χ1n) is 6.77. The van der Waals surface area contributed by atoms with Crippen molar-refractivity contribution in [3.05, 3.63) is 34.2 Å². The Morgan fingerprint density at radius 2 is 2.16 bits per heavy atom. The summed E-state index contributed by atoms with van der Waals surface area (Å²) >= 11 is 8.29. The maximum atomic E-state index is 6.50. The first kappa shape index (κ1) is 13.4. The van der Waals surface area contributed by atoms with Crippen LogP contribution in [0.25, 0.3) is 10.1 Å². The number of nitrogens with two attached hydrogens (primary N) is 1. The summed E-state index contributed by atoms with van der Waals surface area (Å²) < 4.78 is 1.27. The van der Waals surface area contributed by atoms with E-state index in [-0.39, 0.29) is 0 Å². The molecule has 1 heterocycles. The largest absolute Gasteiger partial charge is 0.329 e. The molecule has 0 amide bonds. The maximum Gasteiger partial charge on any atom is 0.0637 e. The molecule has 19 heavy (non-hydrogen) atoms. The van der Waals surface area contributed by atoms with Gasteiger partial charge in [0.25, 0.3) is 0 Å². The molecular formula is C15H19ClN2S. The van der Waals surface area contributed by atoms with E-state index in [0.717, 1.165) is 24.0 Å². The van der Waals surface area contributed by atoms with E-state index < -0.39 is 0 Å². The third-order valence-corrected chi connectivity index (χ3v) is 5.67. The standard InChI is InChI=1S/C15H19ClN2S/c1-18(12(8-17)10-6-7-10)9-14-15(16)11-4-2-3-5-13(11)19-14/h2-5,10,12H,6-9,17H2,1H3. The molecule has 0 aliphatic heterocycles. The predicted molar refractivity (Wildman–Crippen MR) is 83.9 cm³/mol. The number of fused-ring (bicyclic) bond motifs is 1. The van der Waals surface area contributed by atoms with Gasteiger partial charge in [-0.2, -0.15) is 0 Å². The smallest absolute Gasteiger partial charge is 0.0637 e. The van der Waals surface area contributed by atoms with Crippen LogP contribution in [0.15, 0.2) is 24.3 Å². The molecule has 1 aromatic heterocycles. The lowest BCUT2D eigenvalue weighted by molar-refractivity contribution is 0.217. The zero-order chi connectivity index (χ0) is 13.4. The van der Waals surface area contributed by atoms with Crippen molar-refractivity contribution in [2.45, 2.75) is 25.4 Å². The van der Waals surface area contributed by atoms with Gasteiger partial charge in [-0.05, 0) is 31.9 Å². The predicted octanol–water partition coefficient (Wildman–Crippen LogP) is 3.72. The Balaban J connectivity index is 1.82. The Bertz CT molecular complexity index is 577. The molecule has 102 valence electrons. The van der Waals surface area contributed by atoms with Crippen molar-refractivity contribution >= 4 is 33.0 Å². The SMILES string of the molecule is CN(Cc1sc2ccccc2c1Cl)C(CN)C1CC1. The second kappa shape index (κ2) is 5.41. The van der Waals surface area contributed by atoms with Gasteiger partial charge in [-0.15, -0.1) is 11.3 Å². The van der Waals surface area contributed by atoms with Gasteiger partial charge in [0.2, 0.25) is 0 Å². The fraction of sp³-hybridized carbons (Fsp3) is 0.467. The molecule has 1 saturated carbocycles. The summed E-state index contributed by atoms with van der Waals surface area (Å²) in [6.07, 6.45) is 2.65. The highest BCUT2D eigenvalue weighted by Crippen LogP contribution is 2.38. The monoisotopic (exact) mass is 294 g/mol. The highest BCUT2D eigenvalue weighted by molar-refractivity contribution is 7.19. The van der Waals surface area contributed by atoms with Crippen LogP contribution in [0.5, 0.6) is 0 Å². The molecule has 4 heteroatoms. The van der Waals surface area contributed by atoms with Crippen LogP contribution in [0.3, 0.4) is 0 Å². The number of benzene rings is 1. The molecule has 1 unspecified atom stereocenters. The molecule has 1 fully saturated rings. The van der Waals surface area contributed by atoms with Crippen molar-refractivity contribution in [2.75, 3.05) is 13.6 Å². The third-order valence-electron chi connectivity index (χ3n) is 3.97. The summed E-state index contributed by atoms with van der Waals surface area (Å²) in [5, 5.41) is 2.09. The number of halogens is 1. The topological polar surface area (TPSA) is 29.3 Å². The van der Waals surface area contributed by atoms with Crippen LogP contribution >= 0.6 is 22.9 Å². The molecule has 0 saturated heterocycles. The van der Waals surface area contributed by atoms with Crippen LogP contribution < -0.4 is 5.73 Å². The van der Waals surface area contributed by atoms with E-state index in [1.165, 1.54) is 27.8 Å². The van der Waals surface area contributed by atoms with E-state index in [9.17, 15) is 0 Å². The number of thiophene rings is 1. The van der Waals surface area contributed by atoms with Crippen LogP contribution in [-0.2, 0) is 6.54 Å². The Hall–Kier alpha value is -0.610. The average Bonchev–Trinajstić information content (AvgIpc) is 3.18. The van der Waals surface area contributed by atoms with E-state index >= 15 is 0 Å². The van der Waals surface area contributed by atoms with Crippen molar-refractivity contribution in [2.24, 2.45) is 11.7 Å². The van der Waals surface area contributed by atoms with Gasteiger partial charge in [-0.3, -0.25) is 4.90 Å². The first-order valence-corrected chi connectivity index (χ1v) is 7.96. The van der Waals surface area contributed by atoms with Crippen molar-refractivity contribution in [1.29, 1.82) is 0 Å². The van der Waals surface area contributed by atoms with Crippen molar-refractivity contribution in [3.8, 4) is 0 Å². The minimum Gasteiger partial charge on any atom is -0.329 e. The summed E-state index contributed by atoms with van der Waals surface area (Å²) in [6, 6.07) is 8.84. The van der Waals surface area contributed by atoms with Gasteiger partial charge in [-0.25, -0.2) is 0 Å². The summed E-state index contributed by atoms with van der Waals surface area (Å²) in [5.41, 5.74) is 5.91. The summed E-state index contributed by atoms with van der Waals surface area (Å²) in [4.78, 5) is 3.62. The lowest BCUT2D eigenvalue weighted by Crippen LogP contribution is -2.38. The Labute approximate surface area is 123 Å². The molecular weight excluding hydrogens is 276 g/mol. The quantitative estimate of drug-likeness (QED) is 0.910. The third kappa shape index (κ3) is 2.65. The van der Waals surface area contributed by atoms with E-state index in [0.29, 0.717) is 6.04 Å². The van der Waals surface area contributed by atoms with Gasteiger partial charge in [0, 0.05) is 34.1 Å². The molecule has 0 spiro atoms. The lowest BCUT2D eigenvalue weighted by atomic mass is 10.1. The molecule has 3 rings (SSSR count). The number of hydrogen-bond acceptors (Lipinski definition) is 3. The van der Waals surface area contributed by atoms with Crippen LogP contribution in [0.4, 0.5) is 0 Å². The molecule has 1 aliphatic carbocycles. The van der Waals surface area contributed by atoms with Gasteiger partial charge in [0.1, 0.15) is 0 Å². The van der Waals surface area contributed by atoms with Crippen molar-refractivity contribution in [1.82, 2.24) is 4.90 Å². The molecule has 2 nitrogen and oxygen atoms in total. The van der Waals surface area contributed by atoms with Crippen LogP contribution in [-0.4, -0.2) is 24.5 Å². The van der Waals surface area contributed by atoms with Crippen molar-refractivity contribution in [3.63, 3.8) is 0 Å². The highest BCUT2D eigenvalue weighted by Gasteiger charge is 2.33. The van der Waals surface area contributed by atoms with E-state index in [1.807, 2.05) is 6.07 Å². The minimum atomic E-state index is 0.501. The van der Waals surface area contributed by atoms with Gasteiger partial charge in [0.05, 0.1) is 5.02 Å². The number of likely N-dealkylation sites (N-methyl/N-ethyl adjacent to an activating group) is 1. The molecule has 1 aromatic carbocycles. The lowest BCUT2D eigenvalue weighted by Gasteiger charge is -2.26. The molecule has 0 radical (unpaired) electrons. The van der Waals surface area contributed by atoms with Gasteiger partial charge in [-0.1, -0.05) is 29.8 Å². The zero-order valence-corrected chi connectivity index (χ0v) is 12.7. The summed E-state index contributed by atoms with van der Waals surface area (Å²) in [6.45, 7) is 1.64. The number of rotatable bonds is 5. The minimum absolute atomic E-state index is 0.501.